The highest BCUT2D eigenvalue weighted by atomic mass is 35.5. The third-order valence-electron chi connectivity index (χ3n) is 2.84. The number of hydrogen-bond donors (Lipinski definition) is 2. The van der Waals surface area contributed by atoms with Gasteiger partial charge in [0.05, 0.1) is 16.4 Å². The molecule has 0 aliphatic rings. The molecule has 6 heteroatoms. The topological polar surface area (TPSA) is 67.2 Å². The summed E-state index contributed by atoms with van der Waals surface area (Å²) >= 11 is 6.16. The first-order valence-electron chi connectivity index (χ1n) is 6.19. The highest BCUT2D eigenvalue weighted by molar-refractivity contribution is 6.31. The van der Waals surface area contributed by atoms with Crippen LogP contribution in [0.2, 0.25) is 5.02 Å². The molecule has 5 nitrogen and oxygen atoms in total. The van der Waals surface area contributed by atoms with Gasteiger partial charge in [0.2, 0.25) is 0 Å². The van der Waals surface area contributed by atoms with Gasteiger partial charge in [-0.1, -0.05) is 24.9 Å². The maximum absolute atomic E-state index is 11.0. The molecule has 2 N–H and O–H groups in total. The van der Waals surface area contributed by atoms with Crippen LogP contribution in [0.3, 0.4) is 0 Å². The number of carboxylic acids is 1. The Kier molecular flexibility index (Phi) is 5.62. The molecule has 1 heterocycles. The van der Waals surface area contributed by atoms with Gasteiger partial charge < -0.3 is 5.11 Å². The van der Waals surface area contributed by atoms with Gasteiger partial charge in [0.25, 0.3) is 0 Å². The Balaban J connectivity index is 2.75. The van der Waals surface area contributed by atoms with Crippen molar-refractivity contribution in [1.82, 2.24) is 15.1 Å². The van der Waals surface area contributed by atoms with E-state index >= 15 is 0 Å². The molecule has 102 valence electrons. The molecule has 1 unspecified atom stereocenters. The molecule has 0 fully saturated rings. The fourth-order valence-electron chi connectivity index (χ4n) is 1.86. The van der Waals surface area contributed by atoms with E-state index in [9.17, 15) is 4.79 Å². The molecule has 0 amide bonds. The van der Waals surface area contributed by atoms with Gasteiger partial charge >= 0.3 is 5.97 Å². The van der Waals surface area contributed by atoms with Gasteiger partial charge in [0.15, 0.2) is 0 Å². The van der Waals surface area contributed by atoms with E-state index in [1.165, 1.54) is 0 Å². The molecule has 0 bridgehead atoms. The lowest BCUT2D eigenvalue weighted by Crippen LogP contribution is -2.36. The molecule has 0 saturated carbocycles. The average molecular weight is 274 g/mol. The van der Waals surface area contributed by atoms with Crippen molar-refractivity contribution < 1.29 is 9.90 Å². The van der Waals surface area contributed by atoms with E-state index in [0.29, 0.717) is 18.0 Å². The van der Waals surface area contributed by atoms with E-state index in [-0.39, 0.29) is 0 Å². The highest BCUT2D eigenvalue weighted by Crippen LogP contribution is 2.20. The summed E-state index contributed by atoms with van der Waals surface area (Å²) in [5.41, 5.74) is 1.62. The molecule has 0 aromatic carbocycles. The lowest BCUT2D eigenvalue weighted by Gasteiger charge is -2.14. The maximum atomic E-state index is 11.0. The van der Waals surface area contributed by atoms with Crippen molar-refractivity contribution in [3.8, 4) is 0 Å². The second-order valence-electron chi connectivity index (χ2n) is 4.22. The molecule has 0 spiro atoms. The van der Waals surface area contributed by atoms with Crippen molar-refractivity contribution in [2.45, 2.75) is 52.7 Å². The first-order chi connectivity index (χ1) is 8.51. The van der Waals surface area contributed by atoms with Gasteiger partial charge in [-0.2, -0.15) is 5.10 Å². The number of carboxylic acid groups (broad SMARTS) is 1. The van der Waals surface area contributed by atoms with Crippen molar-refractivity contribution >= 4 is 17.6 Å². The predicted molar refractivity (Wildman–Crippen MR) is 70.8 cm³/mol. The summed E-state index contributed by atoms with van der Waals surface area (Å²) in [5.74, 6) is -0.827. The SMILES string of the molecule is CCCC(NCc1c(Cl)c(C)nn1CC)C(=O)O. The van der Waals surface area contributed by atoms with E-state index in [0.717, 1.165) is 24.4 Å². The molecule has 0 saturated heterocycles. The van der Waals surface area contributed by atoms with Gasteiger partial charge in [-0.15, -0.1) is 0 Å². The Bertz CT molecular complexity index is 418. The number of rotatable bonds is 7. The lowest BCUT2D eigenvalue weighted by molar-refractivity contribution is -0.139. The number of aromatic nitrogens is 2. The summed E-state index contributed by atoms with van der Waals surface area (Å²) < 4.78 is 1.80. The van der Waals surface area contributed by atoms with Gasteiger partial charge in [0, 0.05) is 13.1 Å². The molecular formula is C12H20ClN3O2. The predicted octanol–water partition coefficient (Wildman–Crippen LogP) is 2.21. The van der Waals surface area contributed by atoms with E-state index in [4.69, 9.17) is 16.7 Å². The Morgan fingerprint density at radius 3 is 2.72 bits per heavy atom. The Morgan fingerprint density at radius 2 is 2.22 bits per heavy atom. The number of aryl methyl sites for hydroxylation is 2. The number of carbonyl (C=O) groups is 1. The van der Waals surface area contributed by atoms with Crippen LogP contribution in [0.15, 0.2) is 0 Å². The van der Waals surface area contributed by atoms with Gasteiger partial charge in [-0.3, -0.25) is 14.8 Å². The minimum Gasteiger partial charge on any atom is -0.480 e. The van der Waals surface area contributed by atoms with Crippen molar-refractivity contribution in [2.75, 3.05) is 0 Å². The van der Waals surface area contributed by atoms with Crippen LogP contribution < -0.4 is 5.32 Å². The normalized spacial score (nSPS) is 12.7. The quantitative estimate of drug-likeness (QED) is 0.799. The Morgan fingerprint density at radius 1 is 1.56 bits per heavy atom. The number of aliphatic carboxylic acids is 1. The van der Waals surface area contributed by atoms with Crippen molar-refractivity contribution in [1.29, 1.82) is 0 Å². The van der Waals surface area contributed by atoms with E-state index in [1.54, 1.807) is 4.68 Å². The third-order valence-corrected chi connectivity index (χ3v) is 3.34. The van der Waals surface area contributed by atoms with Crippen LogP contribution in [0.1, 0.15) is 38.1 Å². The summed E-state index contributed by atoms with van der Waals surface area (Å²) in [5, 5.41) is 17.0. The first-order valence-corrected chi connectivity index (χ1v) is 6.57. The third kappa shape index (κ3) is 3.46. The van der Waals surface area contributed by atoms with E-state index < -0.39 is 12.0 Å². The van der Waals surface area contributed by atoms with Crippen LogP contribution >= 0.6 is 11.6 Å². The monoisotopic (exact) mass is 273 g/mol. The highest BCUT2D eigenvalue weighted by Gasteiger charge is 2.18. The largest absolute Gasteiger partial charge is 0.480 e. The van der Waals surface area contributed by atoms with E-state index in [2.05, 4.69) is 10.4 Å². The molecule has 1 aromatic rings. The van der Waals surface area contributed by atoms with Gasteiger partial charge in [0.1, 0.15) is 6.04 Å². The maximum Gasteiger partial charge on any atom is 0.320 e. The standard InChI is InChI=1S/C12H20ClN3O2/c1-4-6-9(12(17)18)14-7-10-11(13)8(3)15-16(10)5-2/h9,14H,4-7H2,1-3H3,(H,17,18). The fourth-order valence-corrected chi connectivity index (χ4v) is 2.06. The van der Waals surface area contributed by atoms with Crippen LogP contribution in [0, 0.1) is 6.92 Å². The van der Waals surface area contributed by atoms with E-state index in [1.807, 2.05) is 20.8 Å². The first kappa shape index (κ1) is 15.0. The van der Waals surface area contributed by atoms with Crippen molar-refractivity contribution in [3.05, 3.63) is 16.4 Å². The molecule has 0 aliphatic carbocycles. The molecular weight excluding hydrogens is 254 g/mol. The summed E-state index contributed by atoms with van der Waals surface area (Å²) in [6.45, 7) is 6.93. The minimum absolute atomic E-state index is 0.421. The second-order valence-corrected chi connectivity index (χ2v) is 4.60. The number of nitrogens with zero attached hydrogens (tertiary/aromatic N) is 2. The Labute approximate surface area is 112 Å². The summed E-state index contributed by atoms with van der Waals surface area (Å²) in [4.78, 5) is 11.0. The summed E-state index contributed by atoms with van der Waals surface area (Å²) in [7, 11) is 0. The molecule has 1 aromatic heterocycles. The van der Waals surface area contributed by atoms with Crippen molar-refractivity contribution in [3.63, 3.8) is 0 Å². The van der Waals surface area contributed by atoms with Crippen LogP contribution in [-0.4, -0.2) is 26.9 Å². The van der Waals surface area contributed by atoms with Crippen LogP contribution in [0.4, 0.5) is 0 Å². The summed E-state index contributed by atoms with van der Waals surface area (Å²) in [6.07, 6.45) is 1.43. The van der Waals surface area contributed by atoms with Crippen LogP contribution in [-0.2, 0) is 17.9 Å². The fraction of sp³-hybridized carbons (Fsp3) is 0.667. The van der Waals surface area contributed by atoms with Crippen molar-refractivity contribution in [2.24, 2.45) is 0 Å². The summed E-state index contributed by atoms with van der Waals surface area (Å²) in [6, 6.07) is -0.536. The number of halogens is 1. The average Bonchev–Trinajstić information content (AvgIpc) is 2.60. The zero-order valence-corrected chi connectivity index (χ0v) is 11.8. The molecule has 18 heavy (non-hydrogen) atoms. The van der Waals surface area contributed by atoms with Gasteiger partial charge in [-0.05, 0) is 20.3 Å². The van der Waals surface area contributed by atoms with Crippen LogP contribution in [0.5, 0.6) is 0 Å². The second kappa shape index (κ2) is 6.75. The number of hydrogen-bond acceptors (Lipinski definition) is 3. The smallest absolute Gasteiger partial charge is 0.320 e. The van der Waals surface area contributed by atoms with Crippen LogP contribution in [0.25, 0.3) is 0 Å². The van der Waals surface area contributed by atoms with Gasteiger partial charge in [-0.25, -0.2) is 0 Å². The molecule has 1 rings (SSSR count). The zero-order valence-electron chi connectivity index (χ0n) is 11.0. The number of nitrogens with one attached hydrogen (secondary N) is 1. The lowest BCUT2D eigenvalue weighted by atomic mass is 10.1. The zero-order chi connectivity index (χ0) is 13.7. The molecule has 0 radical (unpaired) electrons. The minimum atomic E-state index is -0.827. The molecule has 1 atom stereocenters. The molecule has 0 aliphatic heterocycles. The Hall–Kier alpha value is -1.07.